The Kier molecular flexibility index (Phi) is 7.02. The third-order valence-corrected chi connectivity index (χ3v) is 3.40. The molecule has 0 aromatic carbocycles. The van der Waals surface area contributed by atoms with Crippen LogP contribution in [0.2, 0.25) is 0 Å². The van der Waals surface area contributed by atoms with Crippen LogP contribution in [0.25, 0.3) is 0 Å². The van der Waals surface area contributed by atoms with Gasteiger partial charge in [0.15, 0.2) is 0 Å². The van der Waals surface area contributed by atoms with Crippen LogP contribution in [0.5, 0.6) is 0 Å². The van der Waals surface area contributed by atoms with Gasteiger partial charge in [-0.25, -0.2) is 0 Å². The molecule has 1 unspecified atom stereocenters. The van der Waals surface area contributed by atoms with E-state index in [1.165, 1.54) is 0 Å². The Balaban J connectivity index is 4.16. The molecule has 15 heavy (non-hydrogen) atoms. The highest BCUT2D eigenvalue weighted by Gasteiger charge is 2.20. The van der Waals surface area contributed by atoms with E-state index in [1.54, 1.807) is 11.8 Å². The number of nitrogens with two attached hydrogens (primary N) is 1. The van der Waals surface area contributed by atoms with Crippen molar-refractivity contribution in [3.05, 3.63) is 0 Å². The smallest absolute Gasteiger partial charge is 0.233 e. The molecule has 1 atom stereocenters. The van der Waals surface area contributed by atoms with Crippen LogP contribution in [-0.4, -0.2) is 40.4 Å². The Morgan fingerprint density at radius 3 is 2.00 bits per heavy atom. The maximum Gasteiger partial charge on any atom is 0.233 e. The fourth-order valence-electron chi connectivity index (χ4n) is 1.53. The third kappa shape index (κ3) is 5.42. The lowest BCUT2D eigenvalue weighted by Gasteiger charge is -2.31. The number of nitrogens with zero attached hydrogens (tertiary/aromatic N) is 1. The number of thioether (sulfide) groups is 1. The molecule has 0 aliphatic rings. The van der Waals surface area contributed by atoms with Crippen LogP contribution < -0.4 is 5.73 Å². The Bertz CT molecular complexity index is 187. The van der Waals surface area contributed by atoms with Gasteiger partial charge in [0.1, 0.15) is 0 Å². The van der Waals surface area contributed by atoms with Crippen LogP contribution in [0.3, 0.4) is 0 Å². The van der Waals surface area contributed by atoms with Gasteiger partial charge in [-0.3, -0.25) is 4.79 Å². The van der Waals surface area contributed by atoms with Crippen molar-refractivity contribution < 1.29 is 4.79 Å². The topological polar surface area (TPSA) is 46.3 Å². The molecule has 90 valence electrons. The first-order valence-electron chi connectivity index (χ1n) is 5.53. The largest absolute Gasteiger partial charge is 0.337 e. The van der Waals surface area contributed by atoms with Gasteiger partial charge >= 0.3 is 0 Å². The summed E-state index contributed by atoms with van der Waals surface area (Å²) in [6, 6.07) is 0.539. The molecule has 0 radical (unpaired) electrons. The first-order valence-corrected chi connectivity index (χ1v) is 6.57. The Morgan fingerprint density at radius 2 is 1.67 bits per heavy atom. The number of carbonyl (C=O) groups is 1. The zero-order chi connectivity index (χ0) is 12.0. The highest BCUT2D eigenvalue weighted by Crippen LogP contribution is 2.13. The van der Waals surface area contributed by atoms with Gasteiger partial charge in [0.25, 0.3) is 0 Å². The van der Waals surface area contributed by atoms with Crippen molar-refractivity contribution in [2.24, 2.45) is 5.73 Å². The van der Waals surface area contributed by atoms with Gasteiger partial charge in [-0.2, -0.15) is 0 Å². The van der Waals surface area contributed by atoms with Gasteiger partial charge < -0.3 is 10.6 Å². The van der Waals surface area contributed by atoms with Gasteiger partial charge in [-0.1, -0.05) is 6.92 Å². The summed E-state index contributed by atoms with van der Waals surface area (Å²) in [4.78, 5) is 13.8. The van der Waals surface area contributed by atoms with Crippen LogP contribution in [0, 0.1) is 0 Å². The molecule has 3 nitrogen and oxygen atoms in total. The summed E-state index contributed by atoms with van der Waals surface area (Å²) < 4.78 is 0. The maximum atomic E-state index is 11.9. The standard InChI is InChI=1S/C11H24N2OS/c1-8(2)13(9(3)4)11(14)7-15-10(5)6-12/h8-10H,6-7,12H2,1-5H3. The number of hydrogen-bond acceptors (Lipinski definition) is 3. The average Bonchev–Trinajstić information content (AvgIpc) is 2.12. The summed E-state index contributed by atoms with van der Waals surface area (Å²) in [5, 5.41) is 0.357. The van der Waals surface area contributed by atoms with E-state index in [-0.39, 0.29) is 18.0 Å². The molecular formula is C11H24N2OS. The predicted octanol–water partition coefficient (Wildman–Crippen LogP) is 1.71. The van der Waals surface area contributed by atoms with Crippen LogP contribution >= 0.6 is 11.8 Å². The molecule has 0 heterocycles. The minimum atomic E-state index is 0.213. The second kappa shape index (κ2) is 7.12. The van der Waals surface area contributed by atoms with E-state index in [1.807, 2.05) is 11.8 Å². The average molecular weight is 232 g/mol. The monoisotopic (exact) mass is 232 g/mol. The summed E-state index contributed by atoms with van der Waals surface area (Å²) in [6.07, 6.45) is 0. The molecule has 0 fully saturated rings. The number of carbonyl (C=O) groups excluding carboxylic acids is 1. The maximum absolute atomic E-state index is 11.9. The molecule has 0 aliphatic heterocycles. The quantitative estimate of drug-likeness (QED) is 0.758. The molecule has 0 aromatic heterocycles. The fourth-order valence-corrected chi connectivity index (χ4v) is 2.24. The molecule has 0 bridgehead atoms. The predicted molar refractivity (Wildman–Crippen MR) is 68.1 cm³/mol. The summed E-state index contributed by atoms with van der Waals surface area (Å²) in [7, 11) is 0. The van der Waals surface area contributed by atoms with Crippen molar-refractivity contribution in [3.8, 4) is 0 Å². The highest BCUT2D eigenvalue weighted by molar-refractivity contribution is 8.00. The SMILES string of the molecule is CC(CN)SCC(=O)N(C(C)C)C(C)C. The van der Waals surface area contributed by atoms with Gasteiger partial charge in [-0.15, -0.1) is 11.8 Å². The summed E-state index contributed by atoms with van der Waals surface area (Å²) >= 11 is 1.63. The van der Waals surface area contributed by atoms with Gasteiger partial charge in [0.05, 0.1) is 5.75 Å². The molecule has 1 amide bonds. The summed E-state index contributed by atoms with van der Waals surface area (Å²) in [5.74, 6) is 0.750. The lowest BCUT2D eigenvalue weighted by Crippen LogP contribution is -2.43. The minimum absolute atomic E-state index is 0.213. The molecule has 4 heteroatoms. The van der Waals surface area contributed by atoms with Crippen molar-refractivity contribution in [1.29, 1.82) is 0 Å². The number of rotatable bonds is 6. The van der Waals surface area contributed by atoms with E-state index in [0.717, 1.165) is 0 Å². The van der Waals surface area contributed by atoms with Crippen molar-refractivity contribution in [1.82, 2.24) is 4.90 Å². The normalized spacial score (nSPS) is 13.3. The third-order valence-electron chi connectivity index (χ3n) is 2.22. The van der Waals surface area contributed by atoms with Crippen LogP contribution in [0.1, 0.15) is 34.6 Å². The molecule has 0 saturated heterocycles. The fraction of sp³-hybridized carbons (Fsp3) is 0.909. The van der Waals surface area contributed by atoms with E-state index < -0.39 is 0 Å². The van der Waals surface area contributed by atoms with E-state index in [4.69, 9.17) is 5.73 Å². The molecule has 0 rings (SSSR count). The zero-order valence-corrected chi connectivity index (χ0v) is 11.3. The number of hydrogen-bond donors (Lipinski definition) is 1. The van der Waals surface area contributed by atoms with Crippen LogP contribution in [-0.2, 0) is 4.79 Å². The van der Waals surface area contributed by atoms with Crippen molar-refractivity contribution >= 4 is 17.7 Å². The van der Waals surface area contributed by atoms with Crippen molar-refractivity contribution in [2.45, 2.75) is 52.0 Å². The van der Waals surface area contributed by atoms with E-state index in [0.29, 0.717) is 17.5 Å². The van der Waals surface area contributed by atoms with Crippen LogP contribution in [0.15, 0.2) is 0 Å². The highest BCUT2D eigenvalue weighted by atomic mass is 32.2. The van der Waals surface area contributed by atoms with Crippen LogP contribution in [0.4, 0.5) is 0 Å². The van der Waals surface area contributed by atoms with E-state index in [2.05, 4.69) is 27.7 Å². The molecule has 2 N–H and O–H groups in total. The van der Waals surface area contributed by atoms with Crippen molar-refractivity contribution in [3.63, 3.8) is 0 Å². The minimum Gasteiger partial charge on any atom is -0.337 e. The molecule has 0 aliphatic carbocycles. The summed E-state index contributed by atoms with van der Waals surface area (Å²) in [5.41, 5.74) is 5.51. The molecule has 0 saturated carbocycles. The Hall–Kier alpha value is -0.220. The zero-order valence-electron chi connectivity index (χ0n) is 10.5. The van der Waals surface area contributed by atoms with Gasteiger partial charge in [0.2, 0.25) is 5.91 Å². The summed E-state index contributed by atoms with van der Waals surface area (Å²) in [6.45, 7) is 10.9. The Labute approximate surface area is 97.8 Å². The first kappa shape index (κ1) is 14.8. The van der Waals surface area contributed by atoms with Gasteiger partial charge in [-0.05, 0) is 27.7 Å². The molecular weight excluding hydrogens is 208 g/mol. The lowest BCUT2D eigenvalue weighted by atomic mass is 10.2. The number of amides is 1. The van der Waals surface area contributed by atoms with E-state index >= 15 is 0 Å². The first-order chi connectivity index (χ1) is 6.90. The second-order valence-electron chi connectivity index (χ2n) is 4.35. The molecule has 0 aromatic rings. The molecule has 0 spiro atoms. The van der Waals surface area contributed by atoms with E-state index in [9.17, 15) is 4.79 Å². The Morgan fingerprint density at radius 1 is 1.20 bits per heavy atom. The second-order valence-corrected chi connectivity index (χ2v) is 5.77. The van der Waals surface area contributed by atoms with Gasteiger partial charge in [0, 0.05) is 23.9 Å². The lowest BCUT2D eigenvalue weighted by molar-refractivity contribution is -0.131. The van der Waals surface area contributed by atoms with Crippen molar-refractivity contribution in [2.75, 3.05) is 12.3 Å².